The molecule has 5 heteroatoms. The molecule has 5 nitrogen and oxygen atoms in total. The molecule has 1 fully saturated rings. The fourth-order valence-electron chi connectivity index (χ4n) is 2.62. The summed E-state index contributed by atoms with van der Waals surface area (Å²) in [6.45, 7) is 5.17. The van der Waals surface area contributed by atoms with Gasteiger partial charge in [0.25, 0.3) is 0 Å². The van der Waals surface area contributed by atoms with Gasteiger partial charge in [-0.2, -0.15) is 0 Å². The molecule has 0 aromatic heterocycles. The van der Waals surface area contributed by atoms with Crippen molar-refractivity contribution in [3.05, 3.63) is 29.8 Å². The van der Waals surface area contributed by atoms with E-state index in [1.807, 2.05) is 31.2 Å². The van der Waals surface area contributed by atoms with Crippen LogP contribution in [0.4, 0.5) is 0 Å². The molecule has 1 aromatic carbocycles. The Balaban J connectivity index is 2.46. The second-order valence-electron chi connectivity index (χ2n) is 4.87. The lowest BCUT2D eigenvalue weighted by Gasteiger charge is -2.42. The van der Waals surface area contributed by atoms with Gasteiger partial charge in [-0.1, -0.05) is 18.2 Å². The van der Waals surface area contributed by atoms with Crippen LogP contribution in [-0.2, 0) is 10.3 Å². The van der Waals surface area contributed by atoms with Gasteiger partial charge in [0, 0.05) is 31.7 Å². The maximum atomic E-state index is 12.1. The van der Waals surface area contributed by atoms with Crippen molar-refractivity contribution in [2.75, 3.05) is 33.3 Å². The van der Waals surface area contributed by atoms with E-state index in [-0.39, 0.29) is 5.91 Å². The van der Waals surface area contributed by atoms with E-state index >= 15 is 0 Å². The lowest BCUT2D eigenvalue weighted by Crippen LogP contribution is -2.58. The number of primary amides is 1. The highest BCUT2D eigenvalue weighted by atomic mass is 16.5. The van der Waals surface area contributed by atoms with Crippen molar-refractivity contribution in [1.29, 1.82) is 0 Å². The number of nitrogens with two attached hydrogens (primary N) is 1. The summed E-state index contributed by atoms with van der Waals surface area (Å²) in [6.07, 6.45) is 0. The van der Waals surface area contributed by atoms with Gasteiger partial charge in [0.1, 0.15) is 11.3 Å². The summed E-state index contributed by atoms with van der Waals surface area (Å²) < 4.78 is 5.38. The largest absolute Gasteiger partial charge is 0.496 e. The molecule has 1 saturated heterocycles. The number of carbonyl (C=O) groups excluding carboxylic acids is 1. The van der Waals surface area contributed by atoms with Crippen LogP contribution < -0.4 is 15.8 Å². The topological polar surface area (TPSA) is 67.6 Å². The van der Waals surface area contributed by atoms with Crippen molar-refractivity contribution < 1.29 is 9.53 Å². The first-order chi connectivity index (χ1) is 9.10. The van der Waals surface area contributed by atoms with E-state index in [2.05, 4.69) is 10.2 Å². The highest BCUT2D eigenvalue weighted by Gasteiger charge is 2.41. The summed E-state index contributed by atoms with van der Waals surface area (Å²) in [7, 11) is 1.61. The lowest BCUT2D eigenvalue weighted by molar-refractivity contribution is -0.130. The first-order valence-electron chi connectivity index (χ1n) is 6.50. The Morgan fingerprint density at radius 2 is 2.00 bits per heavy atom. The number of amides is 1. The molecule has 0 spiro atoms. The Morgan fingerprint density at radius 3 is 2.58 bits per heavy atom. The number of nitrogens with one attached hydrogen (secondary N) is 1. The molecule has 0 radical (unpaired) electrons. The maximum absolute atomic E-state index is 12.1. The summed E-state index contributed by atoms with van der Waals surface area (Å²) >= 11 is 0. The molecule has 1 amide bonds. The number of nitrogens with zero attached hydrogens (tertiary/aromatic N) is 1. The van der Waals surface area contributed by atoms with E-state index in [0.29, 0.717) is 5.75 Å². The molecule has 0 saturated carbocycles. The molecular formula is C14H21N3O2. The van der Waals surface area contributed by atoms with Crippen LogP contribution in [-0.4, -0.2) is 44.1 Å². The minimum atomic E-state index is -0.839. The van der Waals surface area contributed by atoms with E-state index in [9.17, 15) is 4.79 Å². The smallest absolute Gasteiger partial charge is 0.242 e. The standard InChI is InChI=1S/C14H21N3O2/c1-14(13(15)18,17-9-7-16-8-10-17)11-5-3-4-6-12(11)19-2/h3-6,16H,7-10H2,1-2H3,(H2,15,18). The maximum Gasteiger partial charge on any atom is 0.242 e. The van der Waals surface area contributed by atoms with Gasteiger partial charge in [-0.15, -0.1) is 0 Å². The summed E-state index contributed by atoms with van der Waals surface area (Å²) in [6, 6.07) is 7.56. The number of rotatable bonds is 4. The fraction of sp³-hybridized carbons (Fsp3) is 0.500. The van der Waals surface area contributed by atoms with Crippen LogP contribution in [0.25, 0.3) is 0 Å². The van der Waals surface area contributed by atoms with Crippen LogP contribution in [0.1, 0.15) is 12.5 Å². The first kappa shape index (κ1) is 13.8. The van der Waals surface area contributed by atoms with Gasteiger partial charge in [0.2, 0.25) is 5.91 Å². The van der Waals surface area contributed by atoms with Gasteiger partial charge >= 0.3 is 0 Å². The zero-order valence-electron chi connectivity index (χ0n) is 11.5. The van der Waals surface area contributed by atoms with Crippen molar-refractivity contribution in [3.8, 4) is 5.75 Å². The van der Waals surface area contributed by atoms with E-state index in [4.69, 9.17) is 10.5 Å². The summed E-state index contributed by atoms with van der Waals surface area (Å²) in [4.78, 5) is 14.2. The SMILES string of the molecule is COc1ccccc1C(C)(C(N)=O)N1CCNCC1. The van der Waals surface area contributed by atoms with Gasteiger partial charge in [-0.3, -0.25) is 9.69 Å². The number of ether oxygens (including phenoxy) is 1. The van der Waals surface area contributed by atoms with E-state index in [0.717, 1.165) is 31.7 Å². The average molecular weight is 263 g/mol. The van der Waals surface area contributed by atoms with Crippen LogP contribution in [0.5, 0.6) is 5.75 Å². The number of hydrogen-bond donors (Lipinski definition) is 2. The van der Waals surface area contributed by atoms with Crippen LogP contribution in [0.2, 0.25) is 0 Å². The molecule has 1 unspecified atom stereocenters. The Kier molecular flexibility index (Phi) is 4.07. The van der Waals surface area contributed by atoms with E-state index in [1.54, 1.807) is 7.11 Å². The predicted molar refractivity (Wildman–Crippen MR) is 74.0 cm³/mol. The second kappa shape index (κ2) is 5.59. The number of benzene rings is 1. The molecule has 3 N–H and O–H groups in total. The van der Waals surface area contributed by atoms with Crippen molar-refractivity contribution in [2.45, 2.75) is 12.5 Å². The first-order valence-corrected chi connectivity index (χ1v) is 6.50. The van der Waals surface area contributed by atoms with Crippen molar-refractivity contribution in [3.63, 3.8) is 0 Å². The summed E-state index contributed by atoms with van der Waals surface area (Å²) in [5, 5.41) is 3.28. The molecule has 0 bridgehead atoms. The fourth-order valence-corrected chi connectivity index (χ4v) is 2.62. The highest BCUT2D eigenvalue weighted by Crippen LogP contribution is 2.34. The second-order valence-corrected chi connectivity index (χ2v) is 4.87. The summed E-state index contributed by atoms with van der Waals surface area (Å²) in [5.74, 6) is 0.348. The Bertz CT molecular complexity index is 458. The normalized spacial score (nSPS) is 19.7. The molecule has 2 rings (SSSR count). The van der Waals surface area contributed by atoms with Crippen LogP contribution in [0, 0.1) is 0 Å². The van der Waals surface area contributed by atoms with Crippen LogP contribution in [0.3, 0.4) is 0 Å². The minimum absolute atomic E-state index is 0.348. The van der Waals surface area contributed by atoms with Crippen molar-refractivity contribution >= 4 is 5.91 Å². The number of carbonyl (C=O) groups is 1. The quantitative estimate of drug-likeness (QED) is 0.820. The Hall–Kier alpha value is -1.59. The third-order valence-corrected chi connectivity index (χ3v) is 3.86. The van der Waals surface area contributed by atoms with Gasteiger partial charge in [0.15, 0.2) is 0 Å². The number of piperazine rings is 1. The van der Waals surface area contributed by atoms with Crippen molar-refractivity contribution in [1.82, 2.24) is 10.2 Å². The van der Waals surface area contributed by atoms with Gasteiger partial charge < -0.3 is 15.8 Å². The third kappa shape index (κ3) is 2.43. The van der Waals surface area contributed by atoms with Crippen LogP contribution >= 0.6 is 0 Å². The zero-order chi connectivity index (χ0) is 13.9. The molecule has 1 atom stereocenters. The van der Waals surface area contributed by atoms with Crippen LogP contribution in [0.15, 0.2) is 24.3 Å². The van der Waals surface area contributed by atoms with E-state index in [1.165, 1.54) is 0 Å². The average Bonchev–Trinajstić information content (AvgIpc) is 2.47. The molecule has 1 aliphatic rings. The molecular weight excluding hydrogens is 242 g/mol. The van der Waals surface area contributed by atoms with Gasteiger partial charge in [0.05, 0.1) is 7.11 Å². The number of hydrogen-bond acceptors (Lipinski definition) is 4. The number of methoxy groups -OCH3 is 1. The molecule has 1 heterocycles. The monoisotopic (exact) mass is 263 g/mol. The molecule has 0 aliphatic carbocycles. The van der Waals surface area contributed by atoms with Gasteiger partial charge in [-0.05, 0) is 13.0 Å². The predicted octanol–water partition coefficient (Wildman–Crippen LogP) is 0.301. The minimum Gasteiger partial charge on any atom is -0.496 e. The van der Waals surface area contributed by atoms with E-state index < -0.39 is 5.54 Å². The molecule has 1 aromatic rings. The molecule has 19 heavy (non-hydrogen) atoms. The Morgan fingerprint density at radius 1 is 1.37 bits per heavy atom. The highest BCUT2D eigenvalue weighted by molar-refractivity contribution is 5.86. The van der Waals surface area contributed by atoms with Crippen molar-refractivity contribution in [2.24, 2.45) is 5.73 Å². The third-order valence-electron chi connectivity index (χ3n) is 3.86. The zero-order valence-corrected chi connectivity index (χ0v) is 11.5. The molecule has 1 aliphatic heterocycles. The molecule has 104 valence electrons. The lowest BCUT2D eigenvalue weighted by atomic mass is 9.87. The number of para-hydroxylation sites is 1. The van der Waals surface area contributed by atoms with Gasteiger partial charge in [-0.25, -0.2) is 0 Å². The Labute approximate surface area is 113 Å². The summed E-state index contributed by atoms with van der Waals surface area (Å²) in [5.41, 5.74) is 5.69.